The summed E-state index contributed by atoms with van der Waals surface area (Å²) in [6.45, 7) is 0. The molecule has 6 heteroatoms. The minimum Gasteiger partial charge on any atom is -0.413 e. The Balaban J connectivity index is 2.92. The average Bonchev–Trinajstić information content (AvgIpc) is 2.08. The Labute approximate surface area is 88.9 Å². The Morgan fingerprint density at radius 2 is 0.786 bits per heavy atom. The van der Waals surface area contributed by atoms with Crippen molar-refractivity contribution >= 4 is 18.6 Å². The minimum absolute atomic E-state index is 0.599. The van der Waals surface area contributed by atoms with Crippen LogP contribution in [0.2, 0.25) is 12.1 Å². The van der Waals surface area contributed by atoms with Crippen LogP contribution in [0.15, 0.2) is 0 Å². The largest absolute Gasteiger partial charge is 0.413 e. The predicted octanol–water partition coefficient (Wildman–Crippen LogP) is -0.263. The zero-order valence-corrected chi connectivity index (χ0v) is 10.9. The zero-order chi connectivity index (χ0) is 10.8. The molecule has 0 aromatic carbocycles. The van der Waals surface area contributed by atoms with Crippen molar-refractivity contribution in [2.24, 2.45) is 0 Å². The van der Waals surface area contributed by atoms with E-state index < -0.39 is 18.6 Å². The summed E-state index contributed by atoms with van der Waals surface area (Å²) < 4.78 is 0. The molecular formula is C8H22O4Si2. The Hall–Kier alpha value is 0.274. The van der Waals surface area contributed by atoms with Gasteiger partial charge in [-0.05, 0) is 12.1 Å². The van der Waals surface area contributed by atoms with Gasteiger partial charge in [0.25, 0.3) is 0 Å². The minimum atomic E-state index is -2.31. The molecule has 0 rings (SSSR count). The highest BCUT2D eigenvalue weighted by Crippen LogP contribution is 2.09. The fourth-order valence-corrected chi connectivity index (χ4v) is 2.67. The molecular weight excluding hydrogens is 216 g/mol. The summed E-state index contributed by atoms with van der Waals surface area (Å²) in [6.07, 6.45) is 6.18. The lowest BCUT2D eigenvalue weighted by Gasteiger charge is -2.02. The van der Waals surface area contributed by atoms with Gasteiger partial charge in [-0.15, -0.1) is 0 Å². The maximum absolute atomic E-state index is 8.70. The third-order valence-electron chi connectivity index (χ3n) is 2.17. The van der Waals surface area contributed by atoms with Gasteiger partial charge in [0.15, 0.2) is 0 Å². The first-order chi connectivity index (χ1) is 6.63. The van der Waals surface area contributed by atoms with Crippen molar-refractivity contribution in [3.05, 3.63) is 0 Å². The van der Waals surface area contributed by atoms with Gasteiger partial charge in [0.1, 0.15) is 0 Å². The SMILES string of the molecule is O[SiH](O)CCCCCCCC[SiH](O)O. The quantitative estimate of drug-likeness (QED) is 0.329. The second kappa shape index (κ2) is 9.81. The Bertz CT molecular complexity index is 108. The summed E-state index contributed by atoms with van der Waals surface area (Å²) in [4.78, 5) is 34.8. The predicted molar refractivity (Wildman–Crippen MR) is 60.5 cm³/mol. The Morgan fingerprint density at radius 3 is 1.07 bits per heavy atom. The number of unbranched alkanes of at least 4 members (excludes halogenated alkanes) is 5. The summed E-state index contributed by atoms with van der Waals surface area (Å²) in [5.74, 6) is 0. The van der Waals surface area contributed by atoms with Crippen molar-refractivity contribution in [2.45, 2.75) is 50.6 Å². The van der Waals surface area contributed by atoms with Crippen LogP contribution in [0.3, 0.4) is 0 Å². The molecule has 0 radical (unpaired) electrons. The van der Waals surface area contributed by atoms with Gasteiger partial charge in [0.2, 0.25) is 0 Å². The van der Waals surface area contributed by atoms with E-state index in [0.29, 0.717) is 12.1 Å². The lowest BCUT2D eigenvalue weighted by atomic mass is 10.1. The van der Waals surface area contributed by atoms with E-state index in [0.717, 1.165) is 38.5 Å². The van der Waals surface area contributed by atoms with Crippen LogP contribution < -0.4 is 0 Å². The highest BCUT2D eigenvalue weighted by atomic mass is 28.3. The van der Waals surface area contributed by atoms with Gasteiger partial charge in [0.05, 0.1) is 0 Å². The smallest absolute Gasteiger partial charge is 0.315 e. The Kier molecular flexibility index (Phi) is 10.0. The fraction of sp³-hybridized carbons (Fsp3) is 1.00. The van der Waals surface area contributed by atoms with E-state index >= 15 is 0 Å². The van der Waals surface area contributed by atoms with Gasteiger partial charge in [0, 0.05) is 0 Å². The van der Waals surface area contributed by atoms with Gasteiger partial charge >= 0.3 is 18.6 Å². The van der Waals surface area contributed by atoms with Gasteiger partial charge in [-0.2, -0.15) is 0 Å². The van der Waals surface area contributed by atoms with Gasteiger partial charge in [-0.25, -0.2) is 0 Å². The monoisotopic (exact) mass is 238 g/mol. The van der Waals surface area contributed by atoms with Crippen molar-refractivity contribution < 1.29 is 19.2 Å². The lowest BCUT2D eigenvalue weighted by molar-refractivity contribution is 0.398. The molecule has 0 aromatic heterocycles. The van der Waals surface area contributed by atoms with Crippen molar-refractivity contribution in [2.75, 3.05) is 0 Å². The molecule has 0 unspecified atom stereocenters. The molecule has 14 heavy (non-hydrogen) atoms. The second-order valence-electron chi connectivity index (χ2n) is 3.66. The van der Waals surface area contributed by atoms with Crippen LogP contribution in [-0.4, -0.2) is 37.8 Å². The molecule has 0 aliphatic carbocycles. The molecule has 0 fully saturated rings. The van der Waals surface area contributed by atoms with Crippen LogP contribution in [0.5, 0.6) is 0 Å². The molecule has 0 heterocycles. The maximum atomic E-state index is 8.70. The first-order valence-corrected chi connectivity index (χ1v) is 9.05. The summed E-state index contributed by atoms with van der Waals surface area (Å²) in [6, 6.07) is 1.20. The van der Waals surface area contributed by atoms with E-state index in [1.54, 1.807) is 0 Å². The van der Waals surface area contributed by atoms with Crippen molar-refractivity contribution in [1.29, 1.82) is 0 Å². The molecule has 86 valence electrons. The summed E-state index contributed by atoms with van der Waals surface area (Å²) in [5.41, 5.74) is 0. The van der Waals surface area contributed by atoms with Crippen LogP contribution in [0.4, 0.5) is 0 Å². The normalized spacial score (nSPS) is 11.6. The molecule has 0 atom stereocenters. The third-order valence-corrected chi connectivity index (χ3v) is 4.02. The van der Waals surface area contributed by atoms with Crippen LogP contribution in [0.1, 0.15) is 38.5 Å². The molecule has 0 amide bonds. The lowest BCUT2D eigenvalue weighted by Crippen LogP contribution is -2.09. The standard InChI is InChI=1S/C8H22O4Si2/c9-13(10)7-5-3-1-2-4-6-8-14(11)12/h9-14H,1-8H2. The molecule has 0 spiro atoms. The third kappa shape index (κ3) is 12.3. The van der Waals surface area contributed by atoms with Crippen LogP contribution in [-0.2, 0) is 0 Å². The van der Waals surface area contributed by atoms with E-state index in [1.807, 2.05) is 0 Å². The molecule has 0 aromatic rings. The Morgan fingerprint density at radius 1 is 0.500 bits per heavy atom. The molecule has 0 aliphatic rings. The zero-order valence-electron chi connectivity index (χ0n) is 8.60. The van der Waals surface area contributed by atoms with Crippen LogP contribution in [0.25, 0.3) is 0 Å². The van der Waals surface area contributed by atoms with E-state index in [1.165, 1.54) is 0 Å². The molecule has 0 aliphatic heterocycles. The average molecular weight is 238 g/mol. The topological polar surface area (TPSA) is 80.9 Å². The highest BCUT2D eigenvalue weighted by Gasteiger charge is 2.02. The molecule has 4 N–H and O–H groups in total. The van der Waals surface area contributed by atoms with E-state index in [9.17, 15) is 0 Å². The van der Waals surface area contributed by atoms with E-state index in [4.69, 9.17) is 19.2 Å². The van der Waals surface area contributed by atoms with Gasteiger partial charge < -0.3 is 19.2 Å². The van der Waals surface area contributed by atoms with E-state index in [2.05, 4.69) is 0 Å². The first kappa shape index (κ1) is 14.3. The maximum Gasteiger partial charge on any atom is 0.315 e. The first-order valence-electron chi connectivity index (χ1n) is 5.35. The second-order valence-corrected chi connectivity index (χ2v) is 6.74. The fourth-order valence-electron chi connectivity index (χ4n) is 1.36. The number of hydrogen-bond acceptors (Lipinski definition) is 4. The van der Waals surface area contributed by atoms with Crippen LogP contribution in [0, 0.1) is 0 Å². The molecule has 0 bridgehead atoms. The molecule has 4 nitrogen and oxygen atoms in total. The van der Waals surface area contributed by atoms with Crippen molar-refractivity contribution in [3.63, 3.8) is 0 Å². The number of rotatable bonds is 9. The summed E-state index contributed by atoms with van der Waals surface area (Å²) in [7, 11) is -4.62. The summed E-state index contributed by atoms with van der Waals surface area (Å²) in [5, 5.41) is 0. The van der Waals surface area contributed by atoms with Gasteiger partial charge in [-0.1, -0.05) is 38.5 Å². The highest BCUT2D eigenvalue weighted by molar-refractivity contribution is 6.41. The molecule has 0 saturated heterocycles. The molecule has 0 saturated carbocycles. The van der Waals surface area contributed by atoms with Crippen molar-refractivity contribution in [1.82, 2.24) is 0 Å². The van der Waals surface area contributed by atoms with Crippen molar-refractivity contribution in [3.8, 4) is 0 Å². The van der Waals surface area contributed by atoms with Gasteiger partial charge in [-0.3, -0.25) is 0 Å². The van der Waals surface area contributed by atoms with E-state index in [-0.39, 0.29) is 0 Å². The van der Waals surface area contributed by atoms with Crippen LogP contribution >= 0.6 is 0 Å². The summed E-state index contributed by atoms with van der Waals surface area (Å²) >= 11 is 0. The number of hydrogen-bond donors (Lipinski definition) is 4.